The summed E-state index contributed by atoms with van der Waals surface area (Å²) in [6.07, 6.45) is 2.65. The lowest BCUT2D eigenvalue weighted by molar-refractivity contribution is -0.140. The second-order valence-corrected chi connectivity index (χ2v) is 5.04. The molecule has 0 fully saturated rings. The lowest BCUT2D eigenvalue weighted by Crippen LogP contribution is -2.15. The van der Waals surface area contributed by atoms with Crippen LogP contribution in [0.4, 0.5) is 0 Å². The molecule has 114 valence electrons. The van der Waals surface area contributed by atoms with Crippen molar-refractivity contribution in [2.75, 3.05) is 6.61 Å². The fourth-order valence-electron chi connectivity index (χ4n) is 2.25. The number of carbonyl (C=O) groups excluding carboxylic acids is 2. The first-order chi connectivity index (χ1) is 10.7. The van der Waals surface area contributed by atoms with Gasteiger partial charge in [0.2, 0.25) is 0 Å². The van der Waals surface area contributed by atoms with Crippen molar-refractivity contribution in [3.63, 3.8) is 0 Å². The van der Waals surface area contributed by atoms with Crippen molar-refractivity contribution >= 4 is 28.6 Å². The van der Waals surface area contributed by atoms with Crippen LogP contribution in [-0.2, 0) is 14.3 Å². The van der Waals surface area contributed by atoms with E-state index in [4.69, 9.17) is 4.74 Å². The van der Waals surface area contributed by atoms with Gasteiger partial charge in [0.25, 0.3) is 0 Å². The van der Waals surface area contributed by atoms with Crippen LogP contribution in [0.2, 0.25) is 0 Å². The van der Waals surface area contributed by atoms with Crippen molar-refractivity contribution in [1.82, 2.24) is 0 Å². The first kappa shape index (κ1) is 16.0. The number of hydrogen-bond acceptors (Lipinski definition) is 3. The third kappa shape index (κ3) is 3.61. The molecule has 0 aromatic heterocycles. The summed E-state index contributed by atoms with van der Waals surface area (Å²) in [5, 5.41) is 2.08. The molecule has 22 heavy (non-hydrogen) atoms. The van der Waals surface area contributed by atoms with E-state index >= 15 is 0 Å². The number of carbonyl (C=O) groups is 2. The van der Waals surface area contributed by atoms with Crippen LogP contribution in [0.5, 0.6) is 0 Å². The van der Waals surface area contributed by atoms with Crippen LogP contribution in [0.1, 0.15) is 32.3 Å². The number of ether oxygens (including phenoxy) is 1. The summed E-state index contributed by atoms with van der Waals surface area (Å²) in [5.41, 5.74) is 0.968. The molecule has 0 N–H and O–H groups in total. The molecule has 0 amide bonds. The Hall–Kier alpha value is -2.42. The first-order valence-corrected chi connectivity index (χ1v) is 7.57. The fraction of sp³-hybridized carbons (Fsp3) is 0.263. The Labute approximate surface area is 130 Å². The van der Waals surface area contributed by atoms with Crippen molar-refractivity contribution in [3.8, 4) is 0 Å². The lowest BCUT2D eigenvalue weighted by Gasteiger charge is -2.07. The molecule has 0 radical (unpaired) electrons. The molecular formula is C19H20O3. The van der Waals surface area contributed by atoms with Crippen LogP contribution in [-0.4, -0.2) is 18.4 Å². The van der Waals surface area contributed by atoms with Gasteiger partial charge in [-0.1, -0.05) is 56.3 Å². The van der Waals surface area contributed by atoms with Crippen LogP contribution in [0, 0.1) is 0 Å². The minimum absolute atomic E-state index is 0.118. The SMILES string of the molecule is CCCOC(=O)C(=Cc1cccc2ccccc12)C(=O)CC. The van der Waals surface area contributed by atoms with Crippen molar-refractivity contribution in [2.24, 2.45) is 0 Å². The Balaban J connectivity index is 2.47. The Morgan fingerprint density at radius 2 is 1.77 bits per heavy atom. The third-order valence-electron chi connectivity index (χ3n) is 3.40. The highest BCUT2D eigenvalue weighted by Gasteiger charge is 2.18. The molecule has 0 aliphatic carbocycles. The van der Waals surface area contributed by atoms with E-state index in [-0.39, 0.29) is 17.8 Å². The second-order valence-electron chi connectivity index (χ2n) is 5.04. The number of rotatable bonds is 6. The third-order valence-corrected chi connectivity index (χ3v) is 3.40. The largest absolute Gasteiger partial charge is 0.462 e. The molecule has 0 saturated carbocycles. The second kappa shape index (κ2) is 7.55. The predicted octanol–water partition coefficient (Wildman–Crippen LogP) is 4.16. The summed E-state index contributed by atoms with van der Waals surface area (Å²) in [4.78, 5) is 24.2. The number of esters is 1. The van der Waals surface area contributed by atoms with E-state index in [1.165, 1.54) is 0 Å². The monoisotopic (exact) mass is 296 g/mol. The van der Waals surface area contributed by atoms with Crippen LogP contribution >= 0.6 is 0 Å². The van der Waals surface area contributed by atoms with Gasteiger partial charge >= 0.3 is 5.97 Å². The Morgan fingerprint density at radius 3 is 2.50 bits per heavy atom. The summed E-state index contributed by atoms with van der Waals surface area (Å²) in [5.74, 6) is -0.740. The zero-order valence-electron chi connectivity index (χ0n) is 13.0. The Kier molecular flexibility index (Phi) is 5.48. The highest BCUT2D eigenvalue weighted by molar-refractivity contribution is 6.21. The minimum Gasteiger partial charge on any atom is -0.462 e. The average Bonchev–Trinajstić information content (AvgIpc) is 2.56. The summed E-state index contributed by atoms with van der Waals surface area (Å²) in [6, 6.07) is 13.7. The predicted molar refractivity (Wildman–Crippen MR) is 88.5 cm³/mol. The van der Waals surface area contributed by atoms with Gasteiger partial charge in [-0.05, 0) is 28.8 Å². The van der Waals surface area contributed by atoms with Crippen molar-refractivity contribution in [3.05, 3.63) is 53.6 Å². The van der Waals surface area contributed by atoms with Gasteiger partial charge in [0.05, 0.1) is 6.61 Å². The number of Topliss-reactive ketones (excluding diaryl/α,β-unsaturated/α-hetero) is 1. The number of benzene rings is 2. The molecule has 0 heterocycles. The normalized spacial score (nSPS) is 11.5. The van der Waals surface area contributed by atoms with E-state index in [2.05, 4.69) is 0 Å². The minimum atomic E-state index is -0.540. The van der Waals surface area contributed by atoms with E-state index in [9.17, 15) is 9.59 Å². The van der Waals surface area contributed by atoms with Gasteiger partial charge in [-0.3, -0.25) is 4.79 Å². The van der Waals surface area contributed by atoms with Crippen LogP contribution in [0.15, 0.2) is 48.0 Å². The topological polar surface area (TPSA) is 43.4 Å². The standard InChI is InChI=1S/C19H20O3/c1-3-12-22-19(21)17(18(20)4-2)13-15-10-7-9-14-8-5-6-11-16(14)15/h5-11,13H,3-4,12H2,1-2H3. The summed E-state index contributed by atoms with van der Waals surface area (Å²) in [7, 11) is 0. The highest BCUT2D eigenvalue weighted by atomic mass is 16.5. The van der Waals surface area contributed by atoms with E-state index in [1.54, 1.807) is 13.0 Å². The number of fused-ring (bicyclic) bond motifs is 1. The van der Waals surface area contributed by atoms with Gasteiger partial charge in [-0.25, -0.2) is 4.79 Å². The summed E-state index contributed by atoms with van der Waals surface area (Å²) in [6.45, 7) is 3.98. The number of hydrogen-bond donors (Lipinski definition) is 0. The summed E-state index contributed by atoms with van der Waals surface area (Å²) >= 11 is 0. The van der Waals surface area contributed by atoms with Crippen LogP contribution < -0.4 is 0 Å². The zero-order chi connectivity index (χ0) is 15.9. The maximum atomic E-state index is 12.1. The van der Waals surface area contributed by atoms with Gasteiger partial charge in [0, 0.05) is 6.42 Å². The van der Waals surface area contributed by atoms with Crippen molar-refractivity contribution in [2.45, 2.75) is 26.7 Å². The van der Waals surface area contributed by atoms with E-state index in [1.807, 2.05) is 49.4 Å². The molecule has 0 atom stereocenters. The Morgan fingerprint density at radius 1 is 1.05 bits per heavy atom. The molecule has 0 bridgehead atoms. The van der Waals surface area contributed by atoms with E-state index in [0.29, 0.717) is 6.61 Å². The smallest absolute Gasteiger partial charge is 0.341 e. The highest BCUT2D eigenvalue weighted by Crippen LogP contribution is 2.21. The van der Waals surface area contributed by atoms with Crippen LogP contribution in [0.25, 0.3) is 16.8 Å². The quantitative estimate of drug-likeness (QED) is 0.348. The van der Waals surface area contributed by atoms with Gasteiger partial charge in [0.15, 0.2) is 5.78 Å². The lowest BCUT2D eigenvalue weighted by atomic mass is 10.0. The molecule has 2 aromatic rings. The van der Waals surface area contributed by atoms with Crippen LogP contribution in [0.3, 0.4) is 0 Å². The molecule has 3 nitrogen and oxygen atoms in total. The van der Waals surface area contributed by atoms with Crippen molar-refractivity contribution in [1.29, 1.82) is 0 Å². The number of ketones is 1. The molecule has 0 spiro atoms. The van der Waals surface area contributed by atoms with Crippen molar-refractivity contribution < 1.29 is 14.3 Å². The van der Waals surface area contributed by atoms with Gasteiger partial charge in [-0.2, -0.15) is 0 Å². The molecule has 3 heteroatoms. The van der Waals surface area contributed by atoms with Gasteiger partial charge in [0.1, 0.15) is 5.57 Å². The Bertz CT molecular complexity index is 708. The summed E-state index contributed by atoms with van der Waals surface area (Å²) < 4.78 is 5.13. The molecular weight excluding hydrogens is 276 g/mol. The molecule has 0 aliphatic heterocycles. The maximum Gasteiger partial charge on any atom is 0.341 e. The fourth-order valence-corrected chi connectivity index (χ4v) is 2.25. The van der Waals surface area contributed by atoms with Gasteiger partial charge in [-0.15, -0.1) is 0 Å². The van der Waals surface area contributed by atoms with Gasteiger partial charge < -0.3 is 4.74 Å². The van der Waals surface area contributed by atoms with E-state index < -0.39 is 5.97 Å². The zero-order valence-corrected chi connectivity index (χ0v) is 13.0. The van der Waals surface area contributed by atoms with E-state index in [0.717, 1.165) is 22.8 Å². The maximum absolute atomic E-state index is 12.1. The molecule has 2 aromatic carbocycles. The molecule has 2 rings (SSSR count). The molecule has 0 unspecified atom stereocenters. The molecule has 0 saturated heterocycles. The molecule has 0 aliphatic rings. The first-order valence-electron chi connectivity index (χ1n) is 7.57. The average molecular weight is 296 g/mol.